The first-order valence-corrected chi connectivity index (χ1v) is 5.94. The van der Waals surface area contributed by atoms with E-state index in [1.165, 1.54) is 31.2 Å². The molecule has 2 nitrogen and oxygen atoms in total. The molecule has 0 aromatic carbocycles. The van der Waals surface area contributed by atoms with Crippen LogP contribution in [0.1, 0.15) is 31.2 Å². The lowest BCUT2D eigenvalue weighted by atomic mass is 10.0. The summed E-state index contributed by atoms with van der Waals surface area (Å²) in [4.78, 5) is 4.15. The average molecular weight is 204 g/mol. The number of likely N-dealkylation sites (N-methyl/N-ethyl adjacent to an activating group) is 1. The van der Waals surface area contributed by atoms with E-state index < -0.39 is 0 Å². The van der Waals surface area contributed by atoms with Gasteiger partial charge in [0.25, 0.3) is 0 Å². The third-order valence-corrected chi connectivity index (χ3v) is 3.23. The molecule has 2 heteroatoms. The molecule has 1 saturated carbocycles. The Labute approximate surface area is 92.1 Å². The van der Waals surface area contributed by atoms with Crippen LogP contribution in [0.2, 0.25) is 0 Å². The molecule has 0 spiro atoms. The van der Waals surface area contributed by atoms with Crippen molar-refractivity contribution in [2.75, 3.05) is 7.05 Å². The Hall–Kier alpha value is -0.890. The molecule has 1 N–H and O–H groups in total. The highest BCUT2D eigenvalue weighted by atomic mass is 14.9. The Morgan fingerprint density at radius 2 is 2.40 bits per heavy atom. The van der Waals surface area contributed by atoms with Crippen LogP contribution in [0.15, 0.2) is 24.5 Å². The highest BCUT2D eigenvalue weighted by Gasteiger charge is 2.22. The van der Waals surface area contributed by atoms with Crippen LogP contribution >= 0.6 is 0 Å². The van der Waals surface area contributed by atoms with Crippen molar-refractivity contribution in [1.29, 1.82) is 0 Å². The van der Waals surface area contributed by atoms with Gasteiger partial charge in [0.1, 0.15) is 0 Å². The summed E-state index contributed by atoms with van der Waals surface area (Å²) in [5, 5.41) is 3.41. The molecule has 1 aliphatic carbocycles. The van der Waals surface area contributed by atoms with E-state index >= 15 is 0 Å². The molecular weight excluding hydrogens is 184 g/mol. The highest BCUT2D eigenvalue weighted by molar-refractivity contribution is 5.10. The van der Waals surface area contributed by atoms with E-state index in [2.05, 4.69) is 23.4 Å². The third-order valence-electron chi connectivity index (χ3n) is 3.23. The van der Waals surface area contributed by atoms with Gasteiger partial charge in [0.05, 0.1) is 0 Å². The van der Waals surface area contributed by atoms with Crippen LogP contribution in [0, 0.1) is 5.92 Å². The zero-order valence-corrected chi connectivity index (χ0v) is 9.45. The number of nitrogens with one attached hydrogen (secondary N) is 1. The fourth-order valence-electron chi connectivity index (χ4n) is 2.00. The summed E-state index contributed by atoms with van der Waals surface area (Å²) in [6, 6.07) is 4.80. The molecule has 0 saturated heterocycles. The van der Waals surface area contributed by atoms with E-state index in [1.54, 1.807) is 0 Å². The minimum atomic E-state index is 0.620. The second-order valence-corrected chi connectivity index (χ2v) is 4.57. The minimum Gasteiger partial charge on any atom is -0.317 e. The normalized spacial score (nSPS) is 17.7. The molecule has 0 aliphatic heterocycles. The average Bonchev–Trinajstić information content (AvgIpc) is 3.09. The van der Waals surface area contributed by atoms with E-state index in [1.807, 2.05) is 18.5 Å². The maximum absolute atomic E-state index is 4.15. The van der Waals surface area contributed by atoms with Gasteiger partial charge in [0, 0.05) is 18.4 Å². The molecule has 82 valence electrons. The summed E-state index contributed by atoms with van der Waals surface area (Å²) in [5.41, 5.74) is 1.34. The molecular formula is C13H20N2. The molecule has 1 unspecified atom stereocenters. The van der Waals surface area contributed by atoms with Crippen molar-refractivity contribution in [2.45, 2.75) is 38.1 Å². The number of hydrogen-bond donors (Lipinski definition) is 1. The van der Waals surface area contributed by atoms with Crippen molar-refractivity contribution in [2.24, 2.45) is 5.92 Å². The Morgan fingerprint density at radius 1 is 1.53 bits per heavy atom. The van der Waals surface area contributed by atoms with Gasteiger partial charge in [0.2, 0.25) is 0 Å². The number of pyridine rings is 1. The fraction of sp³-hybridized carbons (Fsp3) is 0.615. The van der Waals surface area contributed by atoms with Gasteiger partial charge < -0.3 is 5.32 Å². The van der Waals surface area contributed by atoms with Crippen LogP contribution in [0.3, 0.4) is 0 Å². The van der Waals surface area contributed by atoms with Crippen LogP contribution in [-0.4, -0.2) is 18.1 Å². The third kappa shape index (κ3) is 3.63. The van der Waals surface area contributed by atoms with Crippen molar-refractivity contribution < 1.29 is 0 Å². The second-order valence-electron chi connectivity index (χ2n) is 4.57. The standard InChI is InChI=1S/C13H20N2/c1-14-13(7-6-11-4-5-11)9-12-3-2-8-15-10-12/h2-3,8,10-11,13-14H,4-7,9H2,1H3. The summed E-state index contributed by atoms with van der Waals surface area (Å²) < 4.78 is 0. The summed E-state index contributed by atoms with van der Waals surface area (Å²) in [7, 11) is 2.06. The smallest absolute Gasteiger partial charge is 0.0300 e. The van der Waals surface area contributed by atoms with Crippen molar-refractivity contribution >= 4 is 0 Å². The SMILES string of the molecule is CNC(CCC1CC1)Cc1cccnc1. The molecule has 0 amide bonds. The lowest BCUT2D eigenvalue weighted by molar-refractivity contribution is 0.484. The topological polar surface area (TPSA) is 24.9 Å². The Morgan fingerprint density at radius 3 is 3.00 bits per heavy atom. The maximum Gasteiger partial charge on any atom is 0.0300 e. The Balaban J connectivity index is 1.78. The van der Waals surface area contributed by atoms with Gasteiger partial charge in [-0.1, -0.05) is 18.9 Å². The van der Waals surface area contributed by atoms with E-state index in [4.69, 9.17) is 0 Å². The van der Waals surface area contributed by atoms with Crippen molar-refractivity contribution in [1.82, 2.24) is 10.3 Å². The van der Waals surface area contributed by atoms with Gasteiger partial charge in [0.15, 0.2) is 0 Å². The molecule has 0 bridgehead atoms. The summed E-state index contributed by atoms with van der Waals surface area (Å²) in [6.07, 6.45) is 10.5. The van der Waals surface area contributed by atoms with Gasteiger partial charge in [-0.25, -0.2) is 0 Å². The summed E-state index contributed by atoms with van der Waals surface area (Å²) in [6.45, 7) is 0. The maximum atomic E-state index is 4.15. The molecule has 1 atom stereocenters. The number of hydrogen-bond acceptors (Lipinski definition) is 2. The van der Waals surface area contributed by atoms with Crippen LogP contribution in [0.5, 0.6) is 0 Å². The molecule has 1 aromatic rings. The van der Waals surface area contributed by atoms with E-state index in [0.717, 1.165) is 12.3 Å². The largest absolute Gasteiger partial charge is 0.317 e. The summed E-state index contributed by atoms with van der Waals surface area (Å²) in [5.74, 6) is 1.04. The van der Waals surface area contributed by atoms with Crippen LogP contribution in [-0.2, 0) is 6.42 Å². The Kier molecular flexibility index (Phi) is 3.73. The number of rotatable bonds is 6. The number of nitrogens with zero attached hydrogens (tertiary/aromatic N) is 1. The van der Waals surface area contributed by atoms with Gasteiger partial charge in [-0.2, -0.15) is 0 Å². The lowest BCUT2D eigenvalue weighted by Crippen LogP contribution is -2.27. The monoisotopic (exact) mass is 204 g/mol. The van der Waals surface area contributed by atoms with Gasteiger partial charge in [-0.05, 0) is 43.9 Å². The lowest BCUT2D eigenvalue weighted by Gasteiger charge is -2.15. The van der Waals surface area contributed by atoms with Gasteiger partial charge in [-0.3, -0.25) is 4.98 Å². The van der Waals surface area contributed by atoms with Crippen LogP contribution < -0.4 is 5.32 Å². The Bertz CT molecular complexity index is 280. The highest BCUT2D eigenvalue weighted by Crippen LogP contribution is 2.34. The molecule has 2 rings (SSSR count). The molecule has 1 aromatic heterocycles. The predicted octanol–water partition coefficient (Wildman–Crippen LogP) is 2.40. The predicted molar refractivity (Wildman–Crippen MR) is 62.7 cm³/mol. The molecule has 1 heterocycles. The summed E-state index contributed by atoms with van der Waals surface area (Å²) >= 11 is 0. The first kappa shape index (κ1) is 10.6. The van der Waals surface area contributed by atoms with E-state index in [-0.39, 0.29) is 0 Å². The quantitative estimate of drug-likeness (QED) is 0.769. The van der Waals surface area contributed by atoms with E-state index in [9.17, 15) is 0 Å². The van der Waals surface area contributed by atoms with Crippen LogP contribution in [0.25, 0.3) is 0 Å². The van der Waals surface area contributed by atoms with Crippen molar-refractivity contribution in [3.05, 3.63) is 30.1 Å². The second kappa shape index (κ2) is 5.26. The van der Waals surface area contributed by atoms with E-state index in [0.29, 0.717) is 6.04 Å². The van der Waals surface area contributed by atoms with Crippen molar-refractivity contribution in [3.63, 3.8) is 0 Å². The number of aromatic nitrogens is 1. The zero-order chi connectivity index (χ0) is 10.5. The minimum absolute atomic E-state index is 0.620. The molecule has 15 heavy (non-hydrogen) atoms. The van der Waals surface area contributed by atoms with Gasteiger partial charge >= 0.3 is 0 Å². The zero-order valence-electron chi connectivity index (χ0n) is 9.45. The first-order valence-electron chi connectivity index (χ1n) is 5.94. The molecule has 1 fully saturated rings. The fourth-order valence-corrected chi connectivity index (χ4v) is 2.00. The molecule has 0 radical (unpaired) electrons. The molecule has 1 aliphatic rings. The van der Waals surface area contributed by atoms with Crippen LogP contribution in [0.4, 0.5) is 0 Å². The van der Waals surface area contributed by atoms with Crippen molar-refractivity contribution in [3.8, 4) is 0 Å². The van der Waals surface area contributed by atoms with Gasteiger partial charge in [-0.15, -0.1) is 0 Å². The first-order chi connectivity index (χ1) is 7.38.